The van der Waals surface area contributed by atoms with Gasteiger partial charge in [-0.15, -0.1) is 0 Å². The van der Waals surface area contributed by atoms with Gasteiger partial charge < -0.3 is 15.0 Å². The SMILES string of the molecule is CC[C@H](C(=O)NC(C)(C)C)N(Cc1ccc(OC)cc1)C(=O)CCCN1C(=O)c2ccccc2S1(=O)=O. The van der Waals surface area contributed by atoms with E-state index < -0.39 is 27.5 Å². The van der Waals surface area contributed by atoms with Crippen LogP contribution in [0, 0.1) is 0 Å². The predicted molar refractivity (Wildman–Crippen MR) is 139 cm³/mol. The molecule has 0 aliphatic carbocycles. The molecule has 1 heterocycles. The summed E-state index contributed by atoms with van der Waals surface area (Å²) in [7, 11) is -2.37. The highest BCUT2D eigenvalue weighted by molar-refractivity contribution is 7.90. The average molecular weight is 530 g/mol. The molecular formula is C27H35N3O6S. The van der Waals surface area contributed by atoms with E-state index in [2.05, 4.69) is 5.32 Å². The van der Waals surface area contributed by atoms with Gasteiger partial charge in [-0.05, 0) is 63.4 Å². The van der Waals surface area contributed by atoms with E-state index in [9.17, 15) is 22.8 Å². The zero-order valence-corrected chi connectivity index (χ0v) is 22.8. The molecule has 0 spiro atoms. The molecule has 1 N–H and O–H groups in total. The average Bonchev–Trinajstić information content (AvgIpc) is 3.03. The van der Waals surface area contributed by atoms with Crippen LogP contribution in [0.15, 0.2) is 53.4 Å². The first kappa shape index (κ1) is 28.2. The molecule has 9 nitrogen and oxygen atoms in total. The van der Waals surface area contributed by atoms with Crippen LogP contribution in [0.5, 0.6) is 5.75 Å². The minimum absolute atomic E-state index is 0.0163. The largest absolute Gasteiger partial charge is 0.497 e. The number of carbonyl (C=O) groups excluding carboxylic acids is 3. The van der Waals surface area contributed by atoms with Gasteiger partial charge >= 0.3 is 0 Å². The van der Waals surface area contributed by atoms with Crippen molar-refractivity contribution in [3.05, 3.63) is 59.7 Å². The standard InChI is InChI=1S/C27H35N3O6S/c1-6-22(25(32)28-27(2,3)4)29(18-19-13-15-20(36-5)16-14-19)24(31)12-9-17-30-26(33)21-10-7-8-11-23(21)37(30,34)35/h7-8,10-11,13-16,22H,6,9,12,17-18H2,1-5H3,(H,28,32)/t22-/m1/s1. The maximum Gasteiger partial charge on any atom is 0.269 e. The van der Waals surface area contributed by atoms with Gasteiger partial charge in [0.25, 0.3) is 15.9 Å². The Morgan fingerprint density at radius 3 is 2.30 bits per heavy atom. The van der Waals surface area contributed by atoms with Crippen molar-refractivity contribution in [2.45, 2.75) is 70.0 Å². The predicted octanol–water partition coefficient (Wildman–Crippen LogP) is 3.34. The van der Waals surface area contributed by atoms with Gasteiger partial charge in [0.05, 0.1) is 12.7 Å². The van der Waals surface area contributed by atoms with E-state index in [1.807, 2.05) is 39.8 Å². The lowest BCUT2D eigenvalue weighted by atomic mass is 10.0. The third-order valence-corrected chi connectivity index (χ3v) is 7.90. The van der Waals surface area contributed by atoms with Gasteiger partial charge in [-0.25, -0.2) is 12.7 Å². The number of benzene rings is 2. The highest BCUT2D eigenvalue weighted by atomic mass is 32.2. The van der Waals surface area contributed by atoms with Crippen LogP contribution < -0.4 is 10.1 Å². The molecule has 0 aromatic heterocycles. The Kier molecular flexibility index (Phi) is 8.63. The van der Waals surface area contributed by atoms with Gasteiger partial charge in [0, 0.05) is 25.0 Å². The van der Waals surface area contributed by atoms with E-state index in [-0.39, 0.29) is 48.2 Å². The Labute approximate surface area is 218 Å². The summed E-state index contributed by atoms with van der Waals surface area (Å²) in [5.41, 5.74) is 0.488. The lowest BCUT2D eigenvalue weighted by molar-refractivity contribution is -0.142. The number of ether oxygens (including phenoxy) is 1. The number of carbonyl (C=O) groups is 3. The zero-order valence-electron chi connectivity index (χ0n) is 22.0. The maximum atomic E-state index is 13.4. The fraction of sp³-hybridized carbons (Fsp3) is 0.444. The number of sulfonamides is 1. The lowest BCUT2D eigenvalue weighted by Crippen LogP contribution is -2.53. The summed E-state index contributed by atoms with van der Waals surface area (Å²) >= 11 is 0. The zero-order chi connectivity index (χ0) is 27.4. The molecular weight excluding hydrogens is 494 g/mol. The van der Waals surface area contributed by atoms with Crippen LogP contribution in [0.1, 0.15) is 62.9 Å². The van der Waals surface area contributed by atoms with Crippen LogP contribution in [0.4, 0.5) is 0 Å². The molecule has 0 radical (unpaired) electrons. The number of nitrogens with zero attached hydrogens (tertiary/aromatic N) is 2. The fourth-order valence-corrected chi connectivity index (χ4v) is 5.88. The number of methoxy groups -OCH3 is 1. The summed E-state index contributed by atoms with van der Waals surface area (Å²) in [6, 6.07) is 12.6. The summed E-state index contributed by atoms with van der Waals surface area (Å²) in [6.45, 7) is 7.54. The van der Waals surface area contributed by atoms with Crippen molar-refractivity contribution in [1.29, 1.82) is 0 Å². The topological polar surface area (TPSA) is 113 Å². The molecule has 37 heavy (non-hydrogen) atoms. The fourth-order valence-electron chi connectivity index (χ4n) is 4.27. The van der Waals surface area contributed by atoms with E-state index in [0.29, 0.717) is 12.2 Å². The van der Waals surface area contributed by atoms with Crippen molar-refractivity contribution in [1.82, 2.24) is 14.5 Å². The first-order chi connectivity index (χ1) is 17.4. The second-order valence-corrected chi connectivity index (χ2v) is 11.8. The van der Waals surface area contributed by atoms with Gasteiger partial charge in [-0.3, -0.25) is 14.4 Å². The summed E-state index contributed by atoms with van der Waals surface area (Å²) in [5, 5.41) is 2.95. The van der Waals surface area contributed by atoms with Gasteiger partial charge in [0.2, 0.25) is 11.8 Å². The van der Waals surface area contributed by atoms with Crippen molar-refractivity contribution >= 4 is 27.7 Å². The number of hydrogen-bond donors (Lipinski definition) is 1. The van der Waals surface area contributed by atoms with Crippen LogP contribution in [-0.4, -0.2) is 60.6 Å². The van der Waals surface area contributed by atoms with Crippen LogP contribution in [-0.2, 0) is 26.2 Å². The van der Waals surface area contributed by atoms with Gasteiger partial charge in [-0.2, -0.15) is 0 Å². The summed E-state index contributed by atoms with van der Waals surface area (Å²) in [6.07, 6.45) is 0.511. The van der Waals surface area contributed by atoms with Crippen molar-refractivity contribution < 1.29 is 27.5 Å². The Morgan fingerprint density at radius 1 is 1.08 bits per heavy atom. The molecule has 3 amide bonds. The smallest absolute Gasteiger partial charge is 0.269 e. The van der Waals surface area contributed by atoms with Crippen LogP contribution in [0.3, 0.4) is 0 Å². The number of hydrogen-bond acceptors (Lipinski definition) is 6. The first-order valence-electron chi connectivity index (χ1n) is 12.3. The Hall–Kier alpha value is -3.40. The van der Waals surface area contributed by atoms with E-state index in [1.165, 1.54) is 17.0 Å². The molecule has 2 aromatic rings. The summed E-state index contributed by atoms with van der Waals surface area (Å²) < 4.78 is 31.7. The summed E-state index contributed by atoms with van der Waals surface area (Å²) in [4.78, 5) is 40.7. The first-order valence-corrected chi connectivity index (χ1v) is 13.7. The van der Waals surface area contributed by atoms with Crippen molar-refractivity contribution in [3.63, 3.8) is 0 Å². The van der Waals surface area contributed by atoms with Gasteiger partial charge in [0.15, 0.2) is 0 Å². The third kappa shape index (κ3) is 6.49. The van der Waals surface area contributed by atoms with Crippen LogP contribution in [0.2, 0.25) is 0 Å². The van der Waals surface area contributed by atoms with E-state index >= 15 is 0 Å². The molecule has 3 rings (SSSR count). The molecule has 1 aliphatic rings. The molecule has 0 saturated carbocycles. The highest BCUT2D eigenvalue weighted by Crippen LogP contribution is 2.30. The van der Waals surface area contributed by atoms with Crippen molar-refractivity contribution in [3.8, 4) is 5.75 Å². The van der Waals surface area contributed by atoms with Gasteiger partial charge in [-0.1, -0.05) is 31.2 Å². The van der Waals surface area contributed by atoms with Crippen molar-refractivity contribution in [2.75, 3.05) is 13.7 Å². The van der Waals surface area contributed by atoms with E-state index in [4.69, 9.17) is 4.74 Å². The van der Waals surface area contributed by atoms with Gasteiger partial charge in [0.1, 0.15) is 16.7 Å². The Balaban J connectivity index is 1.76. The molecule has 1 aliphatic heterocycles. The molecule has 200 valence electrons. The second kappa shape index (κ2) is 11.3. The molecule has 0 bridgehead atoms. The quantitative estimate of drug-likeness (QED) is 0.505. The Bertz CT molecular complexity index is 1250. The van der Waals surface area contributed by atoms with Crippen molar-refractivity contribution in [2.24, 2.45) is 0 Å². The van der Waals surface area contributed by atoms with Crippen LogP contribution in [0.25, 0.3) is 0 Å². The molecule has 10 heteroatoms. The van der Waals surface area contributed by atoms with Crippen LogP contribution >= 0.6 is 0 Å². The number of nitrogens with one attached hydrogen (secondary N) is 1. The number of fused-ring (bicyclic) bond motifs is 1. The maximum absolute atomic E-state index is 13.4. The monoisotopic (exact) mass is 529 g/mol. The molecule has 0 fully saturated rings. The lowest BCUT2D eigenvalue weighted by Gasteiger charge is -2.33. The molecule has 0 unspecified atom stereocenters. The number of amides is 3. The molecule has 1 atom stereocenters. The minimum Gasteiger partial charge on any atom is -0.497 e. The highest BCUT2D eigenvalue weighted by Gasteiger charge is 2.40. The Morgan fingerprint density at radius 2 is 1.73 bits per heavy atom. The molecule has 0 saturated heterocycles. The minimum atomic E-state index is -3.94. The normalized spacial score (nSPS) is 15.2. The third-order valence-electron chi connectivity index (χ3n) is 6.06. The van der Waals surface area contributed by atoms with E-state index in [1.54, 1.807) is 31.4 Å². The second-order valence-electron chi connectivity index (χ2n) is 10.0. The molecule has 2 aromatic carbocycles. The summed E-state index contributed by atoms with van der Waals surface area (Å²) in [5.74, 6) is -0.469. The number of rotatable bonds is 10. The van der Waals surface area contributed by atoms with E-state index in [0.717, 1.165) is 9.87 Å².